The largest absolute Gasteiger partial charge is 0.480 e. The molecule has 0 fully saturated rings. The summed E-state index contributed by atoms with van der Waals surface area (Å²) in [6, 6.07) is 4.21. The Morgan fingerprint density at radius 2 is 2.16 bits per heavy atom. The number of carboxylic acids is 1. The minimum atomic E-state index is -3.67. The first-order valence-corrected chi connectivity index (χ1v) is 7.72. The molecule has 0 unspecified atom stereocenters. The predicted molar refractivity (Wildman–Crippen MR) is 72.8 cm³/mol. The molecule has 0 aliphatic heterocycles. The second-order valence-electron chi connectivity index (χ2n) is 3.42. The topological polar surface area (TPSA) is 92.7 Å². The van der Waals surface area contributed by atoms with Crippen molar-refractivity contribution in [3.63, 3.8) is 0 Å². The summed E-state index contributed by atoms with van der Waals surface area (Å²) < 4.78 is 31.2. The van der Waals surface area contributed by atoms with E-state index in [1.54, 1.807) is 0 Å². The lowest BCUT2D eigenvalue weighted by atomic mass is 10.4. The summed E-state index contributed by atoms with van der Waals surface area (Å²) in [5.41, 5.74) is 0. The molecule has 106 valence electrons. The van der Waals surface area contributed by atoms with Crippen molar-refractivity contribution in [1.82, 2.24) is 4.72 Å². The molecular weight excluding hydrogens is 362 g/mol. The Bertz CT molecular complexity index is 563. The second kappa shape index (κ2) is 7.20. The number of halogens is 2. The van der Waals surface area contributed by atoms with E-state index in [1.807, 2.05) is 0 Å². The lowest BCUT2D eigenvalue weighted by molar-refractivity contribution is -0.142. The van der Waals surface area contributed by atoms with Gasteiger partial charge in [-0.25, -0.2) is 17.9 Å². The number of aliphatic carboxylic acids is 1. The molecule has 0 radical (unpaired) electrons. The van der Waals surface area contributed by atoms with E-state index in [2.05, 4.69) is 20.7 Å². The van der Waals surface area contributed by atoms with Crippen LogP contribution < -0.4 is 4.72 Å². The van der Waals surface area contributed by atoms with Crippen molar-refractivity contribution in [2.24, 2.45) is 0 Å². The fourth-order valence-corrected chi connectivity index (χ4v) is 2.82. The monoisotopic (exact) mass is 371 g/mol. The molecule has 0 amide bonds. The van der Waals surface area contributed by atoms with Crippen LogP contribution in [0.2, 0.25) is 5.02 Å². The molecule has 0 aliphatic carbocycles. The standard InChI is InChI=1S/C10H11BrClNO5S/c11-8-5-7(1-2-9(8)12)19(16,17)13-3-4-18-6-10(14)15/h1-2,5,13H,3-4,6H2,(H,14,15). The third-order valence-corrected chi connectivity index (χ3v) is 4.64. The SMILES string of the molecule is O=C(O)COCCNS(=O)(=O)c1ccc(Cl)c(Br)c1. The van der Waals surface area contributed by atoms with Gasteiger partial charge in [0.1, 0.15) is 6.61 Å². The van der Waals surface area contributed by atoms with Crippen LogP contribution in [0.4, 0.5) is 0 Å². The minimum Gasteiger partial charge on any atom is -0.480 e. The van der Waals surface area contributed by atoms with Crippen LogP contribution >= 0.6 is 27.5 Å². The molecular formula is C10H11BrClNO5S. The first-order valence-electron chi connectivity index (χ1n) is 5.07. The van der Waals surface area contributed by atoms with Crippen LogP contribution in [-0.2, 0) is 19.6 Å². The van der Waals surface area contributed by atoms with Gasteiger partial charge in [0.15, 0.2) is 0 Å². The van der Waals surface area contributed by atoms with E-state index in [-0.39, 0.29) is 18.0 Å². The van der Waals surface area contributed by atoms with Crippen LogP contribution in [0.25, 0.3) is 0 Å². The zero-order chi connectivity index (χ0) is 14.5. The molecule has 9 heteroatoms. The lowest BCUT2D eigenvalue weighted by Gasteiger charge is -2.07. The number of carboxylic acid groups (broad SMARTS) is 1. The summed E-state index contributed by atoms with van der Waals surface area (Å²) >= 11 is 8.90. The lowest BCUT2D eigenvalue weighted by Crippen LogP contribution is -2.28. The molecule has 0 bridgehead atoms. The molecule has 1 aromatic rings. The number of nitrogens with one attached hydrogen (secondary N) is 1. The van der Waals surface area contributed by atoms with E-state index in [0.717, 1.165) is 0 Å². The maximum atomic E-state index is 11.8. The van der Waals surface area contributed by atoms with Crippen molar-refractivity contribution in [2.75, 3.05) is 19.8 Å². The zero-order valence-corrected chi connectivity index (χ0v) is 12.8. The second-order valence-corrected chi connectivity index (χ2v) is 6.45. The quantitative estimate of drug-likeness (QED) is 0.707. The van der Waals surface area contributed by atoms with Gasteiger partial charge < -0.3 is 9.84 Å². The summed E-state index contributed by atoms with van der Waals surface area (Å²) in [6.07, 6.45) is 0. The first-order chi connectivity index (χ1) is 8.83. The summed E-state index contributed by atoms with van der Waals surface area (Å²) in [6.45, 7) is -0.510. The van der Waals surface area contributed by atoms with Crippen LogP contribution in [0, 0.1) is 0 Å². The van der Waals surface area contributed by atoms with Crippen LogP contribution in [0.15, 0.2) is 27.6 Å². The minimum absolute atomic E-state index is 0.0180. The fourth-order valence-electron chi connectivity index (χ4n) is 1.14. The van der Waals surface area contributed by atoms with E-state index < -0.39 is 22.6 Å². The molecule has 0 aliphatic rings. The number of hydrogen-bond donors (Lipinski definition) is 2. The highest BCUT2D eigenvalue weighted by molar-refractivity contribution is 9.10. The summed E-state index contributed by atoms with van der Waals surface area (Å²) in [7, 11) is -3.67. The van der Waals surface area contributed by atoms with Crippen molar-refractivity contribution in [3.05, 3.63) is 27.7 Å². The number of sulfonamides is 1. The number of carbonyl (C=O) groups is 1. The van der Waals surface area contributed by atoms with Crippen LogP contribution in [0.1, 0.15) is 0 Å². The van der Waals surface area contributed by atoms with E-state index in [0.29, 0.717) is 9.50 Å². The molecule has 0 heterocycles. The Morgan fingerprint density at radius 3 is 2.74 bits per heavy atom. The smallest absolute Gasteiger partial charge is 0.329 e. The molecule has 0 spiro atoms. The normalized spacial score (nSPS) is 11.5. The Balaban J connectivity index is 2.56. The first kappa shape index (κ1) is 16.4. The van der Waals surface area contributed by atoms with Crippen molar-refractivity contribution in [1.29, 1.82) is 0 Å². The van der Waals surface area contributed by atoms with Gasteiger partial charge in [-0.15, -0.1) is 0 Å². The van der Waals surface area contributed by atoms with Crippen LogP contribution in [-0.4, -0.2) is 39.3 Å². The summed E-state index contributed by atoms with van der Waals surface area (Å²) in [4.78, 5) is 10.2. The Hall–Kier alpha value is -0.670. The summed E-state index contributed by atoms with van der Waals surface area (Å²) in [5, 5.41) is 8.73. The van der Waals surface area contributed by atoms with E-state index in [9.17, 15) is 13.2 Å². The molecule has 1 rings (SSSR count). The molecule has 0 aromatic heterocycles. The maximum Gasteiger partial charge on any atom is 0.329 e. The Morgan fingerprint density at radius 1 is 1.47 bits per heavy atom. The van der Waals surface area contributed by atoms with Gasteiger partial charge in [-0.3, -0.25) is 0 Å². The number of ether oxygens (including phenoxy) is 1. The highest BCUT2D eigenvalue weighted by atomic mass is 79.9. The average Bonchev–Trinajstić information content (AvgIpc) is 2.31. The van der Waals surface area contributed by atoms with Crippen molar-refractivity contribution in [3.8, 4) is 0 Å². The van der Waals surface area contributed by atoms with E-state index in [1.165, 1.54) is 18.2 Å². The number of rotatable bonds is 7. The Kier molecular flexibility index (Phi) is 6.21. The predicted octanol–water partition coefficient (Wildman–Crippen LogP) is 1.48. The highest BCUT2D eigenvalue weighted by Gasteiger charge is 2.14. The van der Waals surface area contributed by atoms with Crippen molar-refractivity contribution < 1.29 is 23.1 Å². The van der Waals surface area contributed by atoms with Gasteiger partial charge in [-0.05, 0) is 34.1 Å². The molecule has 0 atom stereocenters. The van der Waals surface area contributed by atoms with Gasteiger partial charge >= 0.3 is 5.97 Å². The third-order valence-electron chi connectivity index (χ3n) is 1.97. The Labute approximate surface area is 123 Å². The van der Waals surface area contributed by atoms with Gasteiger partial charge in [0.2, 0.25) is 10.0 Å². The molecule has 6 nitrogen and oxygen atoms in total. The molecule has 1 aromatic carbocycles. The average molecular weight is 373 g/mol. The maximum absolute atomic E-state index is 11.8. The van der Waals surface area contributed by atoms with E-state index in [4.69, 9.17) is 21.4 Å². The highest BCUT2D eigenvalue weighted by Crippen LogP contribution is 2.25. The zero-order valence-electron chi connectivity index (χ0n) is 9.60. The summed E-state index contributed by atoms with van der Waals surface area (Å²) in [5.74, 6) is -1.11. The van der Waals surface area contributed by atoms with Crippen LogP contribution in [0.3, 0.4) is 0 Å². The molecule has 0 saturated carbocycles. The van der Waals surface area contributed by atoms with Crippen molar-refractivity contribution in [2.45, 2.75) is 4.90 Å². The van der Waals surface area contributed by atoms with Gasteiger partial charge in [-0.2, -0.15) is 0 Å². The van der Waals surface area contributed by atoms with Crippen LogP contribution in [0.5, 0.6) is 0 Å². The van der Waals surface area contributed by atoms with Gasteiger partial charge in [0.25, 0.3) is 0 Å². The molecule has 19 heavy (non-hydrogen) atoms. The molecule has 0 saturated heterocycles. The fraction of sp³-hybridized carbons (Fsp3) is 0.300. The van der Waals surface area contributed by atoms with Crippen molar-refractivity contribution >= 4 is 43.5 Å². The van der Waals surface area contributed by atoms with Gasteiger partial charge in [0.05, 0.1) is 16.5 Å². The van der Waals surface area contributed by atoms with Gasteiger partial charge in [0, 0.05) is 11.0 Å². The van der Waals surface area contributed by atoms with E-state index >= 15 is 0 Å². The number of benzene rings is 1. The number of hydrogen-bond acceptors (Lipinski definition) is 4. The molecule has 2 N–H and O–H groups in total. The third kappa shape index (κ3) is 5.45. The van der Waals surface area contributed by atoms with Gasteiger partial charge in [-0.1, -0.05) is 11.6 Å².